The van der Waals surface area contributed by atoms with Gasteiger partial charge >= 0.3 is 0 Å². The minimum absolute atomic E-state index is 0.0842. The van der Waals surface area contributed by atoms with Crippen molar-refractivity contribution >= 4 is 11.8 Å². The van der Waals surface area contributed by atoms with Crippen LogP contribution in [0.25, 0.3) is 0 Å². The Labute approximate surface area is 88.5 Å². The Morgan fingerprint density at radius 3 is 3.07 bits per heavy atom. The van der Waals surface area contributed by atoms with Crippen molar-refractivity contribution in [1.29, 1.82) is 0 Å². The highest BCUT2D eigenvalue weighted by atomic mass is 32.2. The van der Waals surface area contributed by atoms with Crippen LogP contribution >= 0.6 is 11.8 Å². The zero-order valence-corrected chi connectivity index (χ0v) is 9.26. The molecule has 0 aliphatic carbocycles. The minimum Gasteiger partial charge on any atom is -0.390 e. The first-order chi connectivity index (χ1) is 6.81. The summed E-state index contributed by atoms with van der Waals surface area (Å²) in [6.07, 6.45) is 3.87. The fourth-order valence-corrected chi connectivity index (χ4v) is 3.08. The molecule has 4 heteroatoms. The molecule has 78 valence electrons. The lowest BCUT2D eigenvalue weighted by atomic mass is 10.1. The number of aromatic nitrogens is 2. The van der Waals surface area contributed by atoms with E-state index in [1.54, 1.807) is 4.68 Å². The lowest BCUT2D eigenvalue weighted by Gasteiger charge is -2.18. The van der Waals surface area contributed by atoms with Gasteiger partial charge < -0.3 is 5.11 Å². The van der Waals surface area contributed by atoms with Gasteiger partial charge in [0.05, 0.1) is 18.0 Å². The van der Waals surface area contributed by atoms with E-state index in [2.05, 4.69) is 5.10 Å². The van der Waals surface area contributed by atoms with Gasteiger partial charge in [-0.1, -0.05) is 6.42 Å². The molecule has 0 bridgehead atoms. The summed E-state index contributed by atoms with van der Waals surface area (Å²) in [6, 6.07) is 2.03. The van der Waals surface area contributed by atoms with Crippen LogP contribution in [-0.2, 0) is 13.7 Å². The molecule has 14 heavy (non-hydrogen) atoms. The van der Waals surface area contributed by atoms with Crippen molar-refractivity contribution in [3.63, 3.8) is 0 Å². The van der Waals surface area contributed by atoms with Crippen LogP contribution in [-0.4, -0.2) is 20.6 Å². The molecule has 0 saturated carbocycles. The summed E-state index contributed by atoms with van der Waals surface area (Å²) >= 11 is 1.99. The van der Waals surface area contributed by atoms with Crippen LogP contribution in [0.15, 0.2) is 6.07 Å². The maximum Gasteiger partial charge on any atom is 0.0849 e. The second-order valence-electron chi connectivity index (χ2n) is 3.70. The Kier molecular flexibility index (Phi) is 3.13. The van der Waals surface area contributed by atoms with Gasteiger partial charge in [0.25, 0.3) is 0 Å². The highest BCUT2D eigenvalue weighted by Gasteiger charge is 2.19. The number of rotatable bonds is 2. The Morgan fingerprint density at radius 1 is 1.64 bits per heavy atom. The molecule has 1 aromatic heterocycles. The fraction of sp³-hybridized carbons (Fsp3) is 0.700. The summed E-state index contributed by atoms with van der Waals surface area (Å²) in [7, 11) is 1.89. The van der Waals surface area contributed by atoms with Gasteiger partial charge in [0.2, 0.25) is 0 Å². The van der Waals surface area contributed by atoms with E-state index in [0.717, 1.165) is 11.4 Å². The average molecular weight is 212 g/mol. The zero-order valence-electron chi connectivity index (χ0n) is 8.44. The second-order valence-corrected chi connectivity index (χ2v) is 5.01. The van der Waals surface area contributed by atoms with E-state index in [1.807, 2.05) is 24.9 Å². The molecule has 1 atom stereocenters. The Bertz CT molecular complexity index is 305. The number of aliphatic hydroxyl groups excluding tert-OH is 1. The maximum atomic E-state index is 9.06. The first-order valence-corrected chi connectivity index (χ1v) is 6.11. The highest BCUT2D eigenvalue weighted by Crippen LogP contribution is 2.37. The van der Waals surface area contributed by atoms with Gasteiger partial charge in [-0.2, -0.15) is 16.9 Å². The van der Waals surface area contributed by atoms with Crippen LogP contribution in [0.4, 0.5) is 0 Å². The lowest BCUT2D eigenvalue weighted by Crippen LogP contribution is -2.03. The van der Waals surface area contributed by atoms with Gasteiger partial charge in [0.15, 0.2) is 0 Å². The van der Waals surface area contributed by atoms with Crippen LogP contribution in [0.5, 0.6) is 0 Å². The first kappa shape index (κ1) is 10.1. The molecule has 0 aromatic carbocycles. The van der Waals surface area contributed by atoms with Crippen molar-refractivity contribution < 1.29 is 5.11 Å². The molecule has 2 rings (SSSR count). The van der Waals surface area contributed by atoms with E-state index in [0.29, 0.717) is 5.25 Å². The number of hydrogen-bond donors (Lipinski definition) is 1. The van der Waals surface area contributed by atoms with Gasteiger partial charge in [0, 0.05) is 12.3 Å². The van der Waals surface area contributed by atoms with Gasteiger partial charge in [0.1, 0.15) is 0 Å². The zero-order chi connectivity index (χ0) is 9.97. The average Bonchev–Trinajstić information content (AvgIpc) is 2.61. The summed E-state index contributed by atoms with van der Waals surface area (Å²) in [5.74, 6) is 1.25. The van der Waals surface area contributed by atoms with Crippen molar-refractivity contribution in [2.45, 2.75) is 31.1 Å². The van der Waals surface area contributed by atoms with Gasteiger partial charge in [-0.15, -0.1) is 0 Å². The predicted octanol–water partition coefficient (Wildman–Crippen LogP) is 1.87. The second kappa shape index (κ2) is 4.36. The molecule has 1 aromatic rings. The van der Waals surface area contributed by atoms with Crippen molar-refractivity contribution in [2.24, 2.45) is 7.05 Å². The molecule has 1 fully saturated rings. The summed E-state index contributed by atoms with van der Waals surface area (Å²) in [5, 5.41) is 14.1. The summed E-state index contributed by atoms with van der Waals surface area (Å²) in [5.41, 5.74) is 2.05. The van der Waals surface area contributed by atoms with Gasteiger partial charge in [-0.3, -0.25) is 4.68 Å². The largest absolute Gasteiger partial charge is 0.390 e. The third kappa shape index (κ3) is 1.96. The topological polar surface area (TPSA) is 38.0 Å². The normalized spacial score (nSPS) is 22.6. The van der Waals surface area contributed by atoms with Crippen molar-refractivity contribution in [3.8, 4) is 0 Å². The van der Waals surface area contributed by atoms with Crippen molar-refractivity contribution in [2.75, 3.05) is 5.75 Å². The van der Waals surface area contributed by atoms with Crippen LogP contribution in [0.3, 0.4) is 0 Å². The number of nitrogens with zero attached hydrogens (tertiary/aromatic N) is 2. The Hall–Kier alpha value is -0.480. The van der Waals surface area contributed by atoms with E-state index >= 15 is 0 Å². The monoisotopic (exact) mass is 212 g/mol. The van der Waals surface area contributed by atoms with Crippen LogP contribution < -0.4 is 0 Å². The number of aryl methyl sites for hydroxylation is 1. The van der Waals surface area contributed by atoms with Gasteiger partial charge in [-0.05, 0) is 24.7 Å². The molecule has 1 aliphatic heterocycles. The summed E-state index contributed by atoms with van der Waals surface area (Å²) in [6.45, 7) is 0.0842. The van der Waals surface area contributed by atoms with Crippen LogP contribution in [0.2, 0.25) is 0 Å². The summed E-state index contributed by atoms with van der Waals surface area (Å²) < 4.78 is 1.78. The van der Waals surface area contributed by atoms with Crippen molar-refractivity contribution in [3.05, 3.63) is 17.5 Å². The standard InChI is InChI=1S/C10H16N2OS/c1-12-8(7-13)6-9(11-12)10-4-2-3-5-14-10/h6,10,13H,2-5,7H2,1H3. The number of hydrogen-bond acceptors (Lipinski definition) is 3. The smallest absolute Gasteiger partial charge is 0.0849 e. The SMILES string of the molecule is Cn1nc(C2CCCCS2)cc1CO. The molecular formula is C10H16N2OS. The van der Waals surface area contributed by atoms with E-state index in [-0.39, 0.29) is 6.61 Å². The van der Waals surface area contributed by atoms with E-state index in [9.17, 15) is 0 Å². The molecule has 0 spiro atoms. The van der Waals surface area contributed by atoms with E-state index in [4.69, 9.17) is 5.11 Å². The highest BCUT2D eigenvalue weighted by molar-refractivity contribution is 7.99. The third-order valence-electron chi connectivity index (χ3n) is 2.67. The molecule has 1 unspecified atom stereocenters. The maximum absolute atomic E-state index is 9.06. The molecule has 2 heterocycles. The van der Waals surface area contributed by atoms with Gasteiger partial charge in [-0.25, -0.2) is 0 Å². The first-order valence-electron chi connectivity index (χ1n) is 5.06. The summed E-state index contributed by atoms with van der Waals surface area (Å²) in [4.78, 5) is 0. The molecule has 0 radical (unpaired) electrons. The lowest BCUT2D eigenvalue weighted by molar-refractivity contribution is 0.270. The molecule has 1 N–H and O–H groups in total. The quantitative estimate of drug-likeness (QED) is 0.813. The molecule has 1 saturated heterocycles. The van der Waals surface area contributed by atoms with Crippen molar-refractivity contribution in [1.82, 2.24) is 9.78 Å². The van der Waals surface area contributed by atoms with Crippen LogP contribution in [0.1, 0.15) is 35.9 Å². The van der Waals surface area contributed by atoms with E-state index in [1.165, 1.54) is 25.0 Å². The molecule has 1 aliphatic rings. The Morgan fingerprint density at radius 2 is 2.50 bits per heavy atom. The molecule has 3 nitrogen and oxygen atoms in total. The van der Waals surface area contributed by atoms with E-state index < -0.39 is 0 Å². The number of aliphatic hydroxyl groups is 1. The van der Waals surface area contributed by atoms with Crippen LogP contribution in [0, 0.1) is 0 Å². The minimum atomic E-state index is 0.0842. The fourth-order valence-electron chi connectivity index (χ4n) is 1.81. The number of thioether (sulfide) groups is 1. The Balaban J connectivity index is 2.14. The molecule has 0 amide bonds. The predicted molar refractivity (Wildman–Crippen MR) is 58.2 cm³/mol. The third-order valence-corrected chi connectivity index (χ3v) is 4.07. The molecular weight excluding hydrogens is 196 g/mol.